The van der Waals surface area contributed by atoms with Gasteiger partial charge in [0.1, 0.15) is 24.1 Å². The predicted octanol–water partition coefficient (Wildman–Crippen LogP) is -1.21. The van der Waals surface area contributed by atoms with E-state index in [9.17, 15) is 39.4 Å². The van der Waals surface area contributed by atoms with Gasteiger partial charge in [-0.1, -0.05) is 30.3 Å². The number of nitrogens with zero attached hydrogens (tertiary/aromatic N) is 2. The fraction of sp³-hybridized carbons (Fsp3) is 0.320. The second-order valence-electron chi connectivity index (χ2n) is 9.79. The fourth-order valence-corrected chi connectivity index (χ4v) is 5.04. The van der Waals surface area contributed by atoms with Crippen LogP contribution < -0.4 is 26.8 Å². The van der Waals surface area contributed by atoms with Crippen molar-refractivity contribution in [2.75, 3.05) is 23.0 Å². The molecule has 0 bridgehead atoms. The number of H-pyrrole nitrogens is 2. The number of nitrogens with two attached hydrogens (primary N) is 1. The molecule has 1 aliphatic heterocycles. The number of phosphoric acid groups is 1. The number of amides is 1. The summed E-state index contributed by atoms with van der Waals surface area (Å²) in [4.78, 5) is 63.2. The van der Waals surface area contributed by atoms with Gasteiger partial charge < -0.3 is 40.8 Å². The lowest BCUT2D eigenvalue weighted by Gasteiger charge is -2.46. The van der Waals surface area contributed by atoms with Crippen LogP contribution in [-0.4, -0.2) is 77.6 Å². The molecule has 0 fully saturated rings. The number of hydrogen-bond donors (Lipinski definition) is 9. The average molecular weight is 608 g/mol. The van der Waals surface area contributed by atoms with E-state index in [2.05, 4.69) is 14.5 Å². The van der Waals surface area contributed by atoms with Crippen molar-refractivity contribution in [3.63, 3.8) is 0 Å². The number of carbonyl (C=O) groups is 1. The van der Waals surface area contributed by atoms with E-state index in [4.69, 9.17) is 15.5 Å². The molecular formula is C25H30N5O11P. The Morgan fingerprint density at radius 1 is 1.02 bits per heavy atom. The summed E-state index contributed by atoms with van der Waals surface area (Å²) in [6.45, 7) is 1.83. The summed E-state index contributed by atoms with van der Waals surface area (Å²) >= 11 is 0. The summed E-state index contributed by atoms with van der Waals surface area (Å²) in [5.41, 5.74) is 2.16. The first-order valence-electron chi connectivity index (χ1n) is 12.4. The van der Waals surface area contributed by atoms with Crippen molar-refractivity contribution >= 4 is 36.6 Å². The van der Waals surface area contributed by atoms with Gasteiger partial charge in [0.15, 0.2) is 5.69 Å². The highest BCUT2D eigenvalue weighted by molar-refractivity contribution is 7.46. The average Bonchev–Trinajstić information content (AvgIpc) is 2.92. The molecular weight excluding hydrogens is 577 g/mol. The van der Waals surface area contributed by atoms with Gasteiger partial charge in [-0.05, 0) is 37.1 Å². The molecule has 4 atom stereocenters. The molecule has 4 rings (SSSR count). The Bertz CT molecular complexity index is 1660. The Morgan fingerprint density at radius 3 is 2.19 bits per heavy atom. The van der Waals surface area contributed by atoms with E-state index in [1.165, 1.54) is 29.2 Å². The minimum absolute atomic E-state index is 0.00434. The molecule has 0 spiro atoms. The van der Waals surface area contributed by atoms with Crippen LogP contribution in [0.2, 0.25) is 0 Å². The van der Waals surface area contributed by atoms with E-state index >= 15 is 0 Å². The van der Waals surface area contributed by atoms with Crippen LogP contribution in [0.3, 0.4) is 0 Å². The van der Waals surface area contributed by atoms with Gasteiger partial charge in [-0.25, -0.2) is 9.36 Å². The van der Waals surface area contributed by atoms with Crippen LogP contribution in [-0.2, 0) is 19.6 Å². The van der Waals surface area contributed by atoms with Crippen LogP contribution in [0.1, 0.15) is 16.7 Å². The third-order valence-electron chi connectivity index (χ3n) is 6.93. The maximum Gasteiger partial charge on any atom is 0.469 e. The van der Waals surface area contributed by atoms with Gasteiger partial charge in [-0.15, -0.1) is 0 Å². The number of anilines is 4. The van der Waals surface area contributed by atoms with Gasteiger partial charge in [0.25, 0.3) is 11.5 Å². The number of β-amino-alcohol motifs (C(OH)–C–C–N with tert-alkyl or cyclic N) is 1. The zero-order chi connectivity index (χ0) is 31.1. The number of aryl methyl sites for hydroxylation is 2. The quantitative estimate of drug-likeness (QED) is 0.123. The van der Waals surface area contributed by atoms with Crippen molar-refractivity contribution in [2.24, 2.45) is 5.73 Å². The molecule has 2 aromatic carbocycles. The van der Waals surface area contributed by atoms with Gasteiger partial charge in [0.05, 0.1) is 24.5 Å². The van der Waals surface area contributed by atoms with Gasteiger partial charge >= 0.3 is 13.5 Å². The third-order valence-corrected chi connectivity index (χ3v) is 7.41. The number of hydrogen-bond acceptors (Lipinski definition) is 11. The fourth-order valence-electron chi connectivity index (χ4n) is 4.69. The minimum atomic E-state index is -5.00. The molecule has 1 amide bonds. The number of phosphoric ester groups is 1. The molecule has 0 saturated carbocycles. The Hall–Kier alpha value is -3.86. The largest absolute Gasteiger partial charge is 0.469 e. The van der Waals surface area contributed by atoms with Gasteiger partial charge in [-0.3, -0.25) is 29.0 Å². The van der Waals surface area contributed by atoms with Crippen molar-refractivity contribution in [1.82, 2.24) is 9.97 Å². The highest BCUT2D eigenvalue weighted by Gasteiger charge is 2.49. The van der Waals surface area contributed by atoms with Crippen molar-refractivity contribution in [1.29, 1.82) is 0 Å². The summed E-state index contributed by atoms with van der Waals surface area (Å²) in [5.74, 6) is -1.56. The summed E-state index contributed by atoms with van der Waals surface area (Å²) in [6, 6.07) is 10.7. The number of rotatable bonds is 10. The molecule has 0 radical (unpaired) electrons. The number of aromatic amines is 2. The summed E-state index contributed by atoms with van der Waals surface area (Å²) in [5, 5.41) is 43.5. The number of benzene rings is 2. The van der Waals surface area contributed by atoms with E-state index in [-0.39, 0.29) is 22.8 Å². The first-order chi connectivity index (χ1) is 19.6. The lowest BCUT2D eigenvalue weighted by Crippen LogP contribution is -2.57. The third kappa shape index (κ3) is 5.74. The van der Waals surface area contributed by atoms with E-state index in [1.54, 1.807) is 32.0 Å². The SMILES string of the molecule is Cc1cc2c(cc1C)N([C@@](O)(C(N)=O)c1ccccc1)c1c([nH]c(=O)[nH]c1=O)N2C[C@H](O)[C@H](O)[C@H](O)COP(=O)(O)O. The van der Waals surface area contributed by atoms with Crippen LogP contribution in [0.15, 0.2) is 52.1 Å². The molecule has 10 N–H and O–H groups in total. The number of aromatic nitrogens is 2. The number of carbonyl (C=O) groups excluding carboxylic acids is 1. The van der Waals surface area contributed by atoms with Crippen LogP contribution >= 0.6 is 7.82 Å². The topological polar surface area (TPSA) is 263 Å². The van der Waals surface area contributed by atoms with E-state index in [0.717, 1.165) is 4.90 Å². The van der Waals surface area contributed by atoms with Gasteiger partial charge in [0, 0.05) is 5.56 Å². The van der Waals surface area contributed by atoms with E-state index < -0.39 is 67.9 Å². The molecule has 1 aliphatic rings. The minimum Gasteiger partial charge on any atom is -0.388 e. The standard InChI is InChI=1S/C25H30N5O11P/c1-12-8-15-16(9-13(12)2)30(25(37,23(26)35)14-6-4-3-5-7-14)19-21(27-24(36)28-22(19)34)29(15)10-17(31)20(33)18(32)11-41-42(38,39)40/h3-9,17-18,20,31-33,37H,10-11H2,1-2H3,(H2,26,35)(H2,38,39,40)(H2,27,28,34,36)/t17-,18+,20-,25-/m0/s1. The predicted molar refractivity (Wildman–Crippen MR) is 148 cm³/mol. The number of aliphatic hydroxyl groups excluding tert-OH is 3. The first kappa shape index (κ1) is 31.1. The number of primary amides is 1. The lowest BCUT2D eigenvalue weighted by molar-refractivity contribution is -0.136. The second kappa shape index (κ2) is 11.4. The maximum absolute atomic E-state index is 13.4. The monoisotopic (exact) mass is 607 g/mol. The second-order valence-corrected chi connectivity index (χ2v) is 11.0. The Balaban J connectivity index is 1.92. The smallest absolute Gasteiger partial charge is 0.388 e. The summed E-state index contributed by atoms with van der Waals surface area (Å²) in [6.07, 6.45) is -5.83. The van der Waals surface area contributed by atoms with Crippen molar-refractivity contribution in [2.45, 2.75) is 37.9 Å². The van der Waals surface area contributed by atoms with Crippen molar-refractivity contribution in [3.8, 4) is 0 Å². The van der Waals surface area contributed by atoms with E-state index in [1.807, 2.05) is 0 Å². The molecule has 3 aromatic rings. The van der Waals surface area contributed by atoms with Crippen LogP contribution in [0.5, 0.6) is 0 Å². The Labute approximate surface area is 237 Å². The normalized spacial score (nSPS) is 16.7. The van der Waals surface area contributed by atoms with Crippen molar-refractivity contribution in [3.05, 3.63) is 80.0 Å². The molecule has 42 heavy (non-hydrogen) atoms. The zero-order valence-electron chi connectivity index (χ0n) is 22.3. The molecule has 0 saturated heterocycles. The Morgan fingerprint density at radius 2 is 1.62 bits per heavy atom. The summed E-state index contributed by atoms with van der Waals surface area (Å²) in [7, 11) is -5.00. The molecule has 1 aromatic heterocycles. The first-order valence-corrected chi connectivity index (χ1v) is 14.0. The lowest BCUT2D eigenvalue weighted by atomic mass is 9.95. The highest BCUT2D eigenvalue weighted by atomic mass is 31.2. The summed E-state index contributed by atoms with van der Waals surface area (Å²) < 4.78 is 15.2. The Kier molecular flexibility index (Phi) is 8.46. The van der Waals surface area contributed by atoms with Crippen LogP contribution in [0.25, 0.3) is 0 Å². The molecule has 2 heterocycles. The van der Waals surface area contributed by atoms with Crippen LogP contribution in [0, 0.1) is 13.8 Å². The molecule has 16 nitrogen and oxygen atoms in total. The van der Waals surface area contributed by atoms with Gasteiger partial charge in [-0.2, -0.15) is 0 Å². The van der Waals surface area contributed by atoms with E-state index in [0.29, 0.717) is 11.1 Å². The van der Waals surface area contributed by atoms with Crippen molar-refractivity contribution < 1.29 is 44.1 Å². The molecule has 17 heteroatoms. The molecule has 0 unspecified atom stereocenters. The zero-order valence-corrected chi connectivity index (χ0v) is 23.2. The highest BCUT2D eigenvalue weighted by Crippen LogP contribution is 2.51. The van der Waals surface area contributed by atoms with Crippen LogP contribution in [0.4, 0.5) is 22.9 Å². The number of nitrogens with one attached hydrogen (secondary N) is 2. The maximum atomic E-state index is 13.4. The molecule has 0 aliphatic carbocycles. The number of aliphatic hydroxyl groups is 4. The number of fused-ring (bicyclic) bond motifs is 2. The molecule has 226 valence electrons. The van der Waals surface area contributed by atoms with Gasteiger partial charge in [0.2, 0.25) is 5.72 Å².